The third kappa shape index (κ3) is 3.53. The number of nitrogens with zero attached hydrogens (tertiary/aromatic N) is 1. The standard InChI is InChI=1S/C14H24N2OS/c1-2-13-16-9-12(18-13)8-15-10-14(11-17)6-4-3-5-7-14/h9,15,17H,2-8,10-11H2,1H3. The van der Waals surface area contributed by atoms with E-state index in [0.29, 0.717) is 6.61 Å². The van der Waals surface area contributed by atoms with Crippen LogP contribution in [0.25, 0.3) is 0 Å². The van der Waals surface area contributed by atoms with Gasteiger partial charge in [0, 0.05) is 36.2 Å². The predicted molar refractivity (Wildman–Crippen MR) is 75.8 cm³/mol. The molecule has 0 amide bonds. The van der Waals surface area contributed by atoms with Gasteiger partial charge >= 0.3 is 0 Å². The number of nitrogens with one attached hydrogen (secondary N) is 1. The second-order valence-electron chi connectivity index (χ2n) is 5.40. The third-order valence-corrected chi connectivity index (χ3v) is 5.09. The van der Waals surface area contributed by atoms with Crippen molar-refractivity contribution in [2.24, 2.45) is 5.41 Å². The second kappa shape index (κ2) is 6.64. The molecule has 2 rings (SSSR count). The quantitative estimate of drug-likeness (QED) is 0.834. The van der Waals surface area contributed by atoms with Crippen LogP contribution in [0.1, 0.15) is 48.9 Å². The van der Waals surface area contributed by atoms with E-state index in [9.17, 15) is 5.11 Å². The molecule has 0 aromatic carbocycles. The van der Waals surface area contributed by atoms with Crippen LogP contribution in [0.4, 0.5) is 0 Å². The Hall–Kier alpha value is -0.450. The molecule has 0 bridgehead atoms. The number of aliphatic hydroxyl groups is 1. The molecule has 0 unspecified atom stereocenters. The third-order valence-electron chi connectivity index (χ3n) is 3.95. The van der Waals surface area contributed by atoms with Gasteiger partial charge in [0.05, 0.1) is 5.01 Å². The molecule has 3 nitrogen and oxygen atoms in total. The maximum Gasteiger partial charge on any atom is 0.0925 e. The summed E-state index contributed by atoms with van der Waals surface area (Å²) in [7, 11) is 0. The Morgan fingerprint density at radius 1 is 1.39 bits per heavy atom. The molecule has 1 saturated carbocycles. The molecule has 4 heteroatoms. The van der Waals surface area contributed by atoms with Gasteiger partial charge in [0.1, 0.15) is 0 Å². The van der Waals surface area contributed by atoms with Crippen molar-refractivity contribution in [2.45, 2.75) is 52.0 Å². The minimum absolute atomic E-state index is 0.135. The van der Waals surface area contributed by atoms with Crippen molar-refractivity contribution < 1.29 is 5.11 Å². The normalized spacial score (nSPS) is 19.0. The number of rotatable bonds is 6. The molecule has 1 aromatic rings. The highest BCUT2D eigenvalue weighted by Crippen LogP contribution is 2.35. The number of aromatic nitrogens is 1. The molecule has 1 aromatic heterocycles. The molecule has 18 heavy (non-hydrogen) atoms. The van der Waals surface area contributed by atoms with Crippen molar-refractivity contribution >= 4 is 11.3 Å². The van der Waals surface area contributed by atoms with Gasteiger partial charge in [-0.1, -0.05) is 26.2 Å². The summed E-state index contributed by atoms with van der Waals surface area (Å²) in [4.78, 5) is 5.67. The van der Waals surface area contributed by atoms with E-state index in [0.717, 1.165) is 19.5 Å². The summed E-state index contributed by atoms with van der Waals surface area (Å²) in [6.45, 7) is 4.28. The summed E-state index contributed by atoms with van der Waals surface area (Å²) >= 11 is 1.79. The van der Waals surface area contributed by atoms with Crippen LogP contribution in [-0.4, -0.2) is 23.2 Å². The maximum atomic E-state index is 9.63. The molecule has 1 heterocycles. The van der Waals surface area contributed by atoms with Gasteiger partial charge in [0.25, 0.3) is 0 Å². The number of hydrogen-bond donors (Lipinski definition) is 2. The number of thiazole rings is 1. The molecule has 0 saturated heterocycles. The van der Waals surface area contributed by atoms with Crippen LogP contribution in [0, 0.1) is 5.41 Å². The first-order valence-corrected chi connectivity index (χ1v) is 7.85. The second-order valence-corrected chi connectivity index (χ2v) is 6.60. The Morgan fingerprint density at radius 3 is 2.78 bits per heavy atom. The van der Waals surface area contributed by atoms with Gasteiger partial charge in [-0.2, -0.15) is 0 Å². The van der Waals surface area contributed by atoms with Crippen LogP contribution in [0.3, 0.4) is 0 Å². The van der Waals surface area contributed by atoms with Gasteiger partial charge < -0.3 is 10.4 Å². The average Bonchev–Trinajstić information content (AvgIpc) is 2.88. The highest BCUT2D eigenvalue weighted by molar-refractivity contribution is 7.11. The molecule has 0 spiro atoms. The SMILES string of the molecule is CCc1ncc(CNCC2(CO)CCCCC2)s1. The van der Waals surface area contributed by atoms with Crippen molar-refractivity contribution in [3.8, 4) is 0 Å². The van der Waals surface area contributed by atoms with E-state index in [2.05, 4.69) is 17.2 Å². The first-order chi connectivity index (χ1) is 8.78. The summed E-state index contributed by atoms with van der Waals surface area (Å²) in [5.74, 6) is 0. The molecular weight excluding hydrogens is 244 g/mol. The van der Waals surface area contributed by atoms with Crippen LogP contribution in [0.15, 0.2) is 6.20 Å². The molecule has 1 aliphatic rings. The highest BCUT2D eigenvalue weighted by Gasteiger charge is 2.30. The molecule has 102 valence electrons. The van der Waals surface area contributed by atoms with Gasteiger partial charge in [-0.3, -0.25) is 0 Å². The Labute approximate surface area is 114 Å². The Kier molecular flexibility index (Phi) is 5.15. The van der Waals surface area contributed by atoms with E-state index >= 15 is 0 Å². The predicted octanol–water partition coefficient (Wildman–Crippen LogP) is 2.74. The van der Waals surface area contributed by atoms with E-state index in [1.54, 1.807) is 11.3 Å². The van der Waals surface area contributed by atoms with Crippen LogP contribution in [0.5, 0.6) is 0 Å². The first-order valence-electron chi connectivity index (χ1n) is 7.03. The summed E-state index contributed by atoms with van der Waals surface area (Å²) in [5.41, 5.74) is 0.135. The lowest BCUT2D eigenvalue weighted by Crippen LogP contribution is -2.38. The zero-order valence-electron chi connectivity index (χ0n) is 11.2. The zero-order chi connectivity index (χ0) is 12.8. The summed E-state index contributed by atoms with van der Waals surface area (Å²) in [6.07, 6.45) is 9.19. The van der Waals surface area contributed by atoms with E-state index in [-0.39, 0.29) is 5.41 Å². The molecule has 0 radical (unpaired) electrons. The van der Waals surface area contributed by atoms with Crippen molar-refractivity contribution in [1.82, 2.24) is 10.3 Å². The minimum atomic E-state index is 0.135. The van der Waals surface area contributed by atoms with Crippen LogP contribution in [0.2, 0.25) is 0 Å². The molecule has 0 atom stereocenters. The molecular formula is C14H24N2OS. The monoisotopic (exact) mass is 268 g/mol. The van der Waals surface area contributed by atoms with Crippen LogP contribution < -0.4 is 5.32 Å². The molecule has 2 N–H and O–H groups in total. The van der Waals surface area contributed by atoms with Gasteiger partial charge in [0.2, 0.25) is 0 Å². The van der Waals surface area contributed by atoms with E-state index in [1.807, 2.05) is 6.20 Å². The molecule has 1 fully saturated rings. The molecule has 0 aliphatic heterocycles. The lowest BCUT2D eigenvalue weighted by atomic mass is 9.74. The van der Waals surface area contributed by atoms with Gasteiger partial charge in [-0.25, -0.2) is 4.98 Å². The first kappa shape index (κ1) is 14.0. The number of aryl methyl sites for hydroxylation is 1. The smallest absolute Gasteiger partial charge is 0.0925 e. The number of aliphatic hydroxyl groups excluding tert-OH is 1. The molecule has 1 aliphatic carbocycles. The Bertz CT molecular complexity index is 358. The van der Waals surface area contributed by atoms with E-state index < -0.39 is 0 Å². The van der Waals surface area contributed by atoms with Crippen molar-refractivity contribution in [1.29, 1.82) is 0 Å². The van der Waals surface area contributed by atoms with Crippen molar-refractivity contribution in [3.05, 3.63) is 16.1 Å². The number of hydrogen-bond acceptors (Lipinski definition) is 4. The van der Waals surface area contributed by atoms with Crippen LogP contribution >= 0.6 is 11.3 Å². The lowest BCUT2D eigenvalue weighted by Gasteiger charge is -2.35. The maximum absolute atomic E-state index is 9.63. The largest absolute Gasteiger partial charge is 0.396 e. The van der Waals surface area contributed by atoms with Crippen molar-refractivity contribution in [2.75, 3.05) is 13.2 Å². The van der Waals surface area contributed by atoms with Gasteiger partial charge in [0.15, 0.2) is 0 Å². The summed E-state index contributed by atoms with van der Waals surface area (Å²) in [5, 5.41) is 14.4. The van der Waals surface area contributed by atoms with Gasteiger partial charge in [-0.05, 0) is 19.3 Å². The summed E-state index contributed by atoms with van der Waals surface area (Å²) < 4.78 is 0. The summed E-state index contributed by atoms with van der Waals surface area (Å²) in [6, 6.07) is 0. The lowest BCUT2D eigenvalue weighted by molar-refractivity contribution is 0.0811. The highest BCUT2D eigenvalue weighted by atomic mass is 32.1. The van der Waals surface area contributed by atoms with E-state index in [4.69, 9.17) is 0 Å². The average molecular weight is 268 g/mol. The minimum Gasteiger partial charge on any atom is -0.396 e. The van der Waals surface area contributed by atoms with Gasteiger partial charge in [-0.15, -0.1) is 11.3 Å². The topological polar surface area (TPSA) is 45.2 Å². The fraction of sp³-hybridized carbons (Fsp3) is 0.786. The zero-order valence-corrected chi connectivity index (χ0v) is 12.1. The Morgan fingerprint density at radius 2 is 2.17 bits per heavy atom. The fourth-order valence-corrected chi connectivity index (χ4v) is 3.57. The van der Waals surface area contributed by atoms with E-state index in [1.165, 1.54) is 42.0 Å². The van der Waals surface area contributed by atoms with Crippen LogP contribution in [-0.2, 0) is 13.0 Å². The van der Waals surface area contributed by atoms with Crippen molar-refractivity contribution in [3.63, 3.8) is 0 Å². The fourth-order valence-electron chi connectivity index (χ4n) is 2.74. The Balaban J connectivity index is 1.79.